The molecule has 6 nitrogen and oxygen atoms in total. The lowest BCUT2D eigenvalue weighted by atomic mass is 9.98. The molecule has 1 amide bonds. The fraction of sp³-hybridized carbons (Fsp3) is 0.611. The van der Waals surface area contributed by atoms with Crippen molar-refractivity contribution in [2.75, 3.05) is 13.2 Å². The highest BCUT2D eigenvalue weighted by molar-refractivity contribution is 5.77. The molecule has 0 aromatic carbocycles. The molecule has 1 aromatic heterocycles. The van der Waals surface area contributed by atoms with Crippen molar-refractivity contribution >= 4 is 5.91 Å². The number of hydrogen-bond donors (Lipinski definition) is 1. The lowest BCUT2D eigenvalue weighted by Gasteiger charge is -2.37. The first-order valence-electron chi connectivity index (χ1n) is 8.56. The van der Waals surface area contributed by atoms with Gasteiger partial charge in [-0.15, -0.1) is 0 Å². The number of rotatable bonds is 3. The Morgan fingerprint density at radius 1 is 1.42 bits per heavy atom. The molecule has 1 saturated carbocycles. The molecule has 2 aliphatic rings. The van der Waals surface area contributed by atoms with E-state index in [-0.39, 0.29) is 29.2 Å². The minimum Gasteiger partial charge on any atom is -0.374 e. The van der Waals surface area contributed by atoms with E-state index in [0.29, 0.717) is 31.6 Å². The summed E-state index contributed by atoms with van der Waals surface area (Å²) in [5, 5.41) is 9.14. The first-order valence-corrected chi connectivity index (χ1v) is 8.56. The largest absolute Gasteiger partial charge is 0.374 e. The second-order valence-electron chi connectivity index (χ2n) is 6.66. The second kappa shape index (κ2) is 6.78. The maximum atomic E-state index is 12.7. The van der Waals surface area contributed by atoms with Crippen LogP contribution in [-0.2, 0) is 16.0 Å². The molecule has 1 aliphatic heterocycles. The third-order valence-electron chi connectivity index (χ3n) is 5.31. The number of nitriles is 1. The lowest BCUT2D eigenvalue weighted by molar-refractivity contribution is -0.143. The van der Waals surface area contributed by atoms with E-state index in [9.17, 15) is 9.59 Å². The van der Waals surface area contributed by atoms with Crippen molar-refractivity contribution in [2.24, 2.45) is 0 Å². The highest BCUT2D eigenvalue weighted by Gasteiger charge is 2.38. The Kier molecular flexibility index (Phi) is 4.72. The van der Waals surface area contributed by atoms with E-state index in [1.165, 1.54) is 0 Å². The molecule has 1 saturated heterocycles. The number of nitrogens with zero attached hydrogens (tertiary/aromatic N) is 2. The minimum atomic E-state index is -0.357. The molecular weight excluding hydrogens is 306 g/mol. The van der Waals surface area contributed by atoms with E-state index < -0.39 is 0 Å². The summed E-state index contributed by atoms with van der Waals surface area (Å²) < 4.78 is 5.76. The van der Waals surface area contributed by atoms with Gasteiger partial charge in [0.15, 0.2) is 0 Å². The van der Waals surface area contributed by atoms with Crippen molar-refractivity contribution in [2.45, 2.75) is 58.1 Å². The van der Waals surface area contributed by atoms with Crippen LogP contribution in [0, 0.1) is 25.2 Å². The maximum Gasteiger partial charge on any atom is 0.266 e. The summed E-state index contributed by atoms with van der Waals surface area (Å²) in [5.74, 6) is 0.138. The van der Waals surface area contributed by atoms with Crippen LogP contribution in [0.1, 0.15) is 48.1 Å². The van der Waals surface area contributed by atoms with Gasteiger partial charge in [-0.1, -0.05) is 0 Å². The number of ether oxygens (including phenoxy) is 1. The van der Waals surface area contributed by atoms with E-state index >= 15 is 0 Å². The molecule has 0 radical (unpaired) electrons. The van der Waals surface area contributed by atoms with Gasteiger partial charge < -0.3 is 14.6 Å². The molecule has 0 spiro atoms. The summed E-state index contributed by atoms with van der Waals surface area (Å²) in [5.41, 5.74) is 2.11. The van der Waals surface area contributed by atoms with E-state index in [1.54, 1.807) is 6.92 Å². The number of fused-ring (bicyclic) bond motifs is 1. The van der Waals surface area contributed by atoms with Gasteiger partial charge in [-0.3, -0.25) is 9.59 Å². The molecular formula is C18H23N3O3. The van der Waals surface area contributed by atoms with Gasteiger partial charge in [0.1, 0.15) is 11.6 Å². The average molecular weight is 329 g/mol. The summed E-state index contributed by atoms with van der Waals surface area (Å²) in [4.78, 5) is 29.2. The van der Waals surface area contributed by atoms with Gasteiger partial charge in [0.05, 0.1) is 18.8 Å². The maximum absolute atomic E-state index is 12.7. The van der Waals surface area contributed by atoms with Crippen LogP contribution in [0.15, 0.2) is 4.79 Å². The van der Waals surface area contributed by atoms with E-state index in [2.05, 4.69) is 4.98 Å². The second-order valence-corrected chi connectivity index (χ2v) is 6.66. The quantitative estimate of drug-likeness (QED) is 0.912. The zero-order valence-electron chi connectivity index (χ0n) is 14.2. The van der Waals surface area contributed by atoms with Crippen molar-refractivity contribution in [3.63, 3.8) is 0 Å². The normalized spacial score (nSPS) is 23.0. The zero-order valence-corrected chi connectivity index (χ0v) is 14.2. The number of carbonyl (C=O) groups excluding carboxylic acids is 1. The molecule has 1 N–H and O–H groups in total. The topological polar surface area (TPSA) is 86.2 Å². The first-order chi connectivity index (χ1) is 11.5. The predicted molar refractivity (Wildman–Crippen MR) is 88.7 cm³/mol. The number of morpholine rings is 1. The van der Waals surface area contributed by atoms with Crippen molar-refractivity contribution in [1.82, 2.24) is 9.88 Å². The Bertz CT molecular complexity index is 747. The van der Waals surface area contributed by atoms with E-state index in [0.717, 1.165) is 30.5 Å². The lowest BCUT2D eigenvalue weighted by Crippen LogP contribution is -2.51. The molecule has 0 unspecified atom stereocenters. The summed E-state index contributed by atoms with van der Waals surface area (Å²) >= 11 is 0. The number of hydrogen-bond acceptors (Lipinski definition) is 4. The van der Waals surface area contributed by atoms with Crippen LogP contribution >= 0.6 is 0 Å². The van der Waals surface area contributed by atoms with Crippen LogP contribution in [0.5, 0.6) is 0 Å². The first kappa shape index (κ1) is 16.7. The van der Waals surface area contributed by atoms with Crippen LogP contribution in [0.2, 0.25) is 0 Å². The van der Waals surface area contributed by atoms with Crippen LogP contribution in [0.25, 0.3) is 0 Å². The molecule has 0 bridgehead atoms. The molecule has 3 rings (SSSR count). The number of aromatic amines is 1. The molecule has 2 fully saturated rings. The SMILES string of the molecule is Cc1[nH]c(=O)c(C#N)c(C)c1CCC(=O)N1CCO[C@H]2CCC[C@H]21. The molecule has 6 heteroatoms. The van der Waals surface area contributed by atoms with Crippen molar-refractivity contribution in [3.05, 3.63) is 32.7 Å². The van der Waals surface area contributed by atoms with E-state index in [4.69, 9.17) is 10.00 Å². The number of carbonyl (C=O) groups is 1. The molecule has 1 aliphatic carbocycles. The smallest absolute Gasteiger partial charge is 0.266 e. The number of H-pyrrole nitrogens is 1. The third-order valence-corrected chi connectivity index (χ3v) is 5.31. The van der Waals surface area contributed by atoms with Crippen LogP contribution < -0.4 is 5.56 Å². The summed E-state index contributed by atoms with van der Waals surface area (Å²) in [7, 11) is 0. The molecule has 2 atom stereocenters. The summed E-state index contributed by atoms with van der Waals surface area (Å²) in [6.07, 6.45) is 4.30. The van der Waals surface area contributed by atoms with Crippen LogP contribution in [-0.4, -0.2) is 41.1 Å². The Labute approximate surface area is 141 Å². The monoisotopic (exact) mass is 329 g/mol. The Balaban J connectivity index is 1.73. The van der Waals surface area contributed by atoms with Crippen LogP contribution in [0.4, 0.5) is 0 Å². The van der Waals surface area contributed by atoms with Crippen molar-refractivity contribution < 1.29 is 9.53 Å². The number of aryl methyl sites for hydroxylation is 1. The van der Waals surface area contributed by atoms with Crippen molar-refractivity contribution in [1.29, 1.82) is 5.26 Å². The summed E-state index contributed by atoms with van der Waals surface area (Å²) in [6, 6.07) is 2.18. The average Bonchev–Trinajstić information content (AvgIpc) is 3.03. The fourth-order valence-corrected chi connectivity index (χ4v) is 4.03. The van der Waals surface area contributed by atoms with Crippen molar-refractivity contribution in [3.8, 4) is 6.07 Å². The van der Waals surface area contributed by atoms with Gasteiger partial charge in [0.2, 0.25) is 5.91 Å². The predicted octanol–water partition coefficient (Wildman–Crippen LogP) is 1.58. The molecule has 1 aromatic rings. The van der Waals surface area contributed by atoms with Gasteiger partial charge in [-0.05, 0) is 50.7 Å². The Hall–Kier alpha value is -2.13. The van der Waals surface area contributed by atoms with Gasteiger partial charge in [0, 0.05) is 18.7 Å². The van der Waals surface area contributed by atoms with Crippen LogP contribution in [0.3, 0.4) is 0 Å². The minimum absolute atomic E-state index is 0.138. The molecule has 128 valence electrons. The number of aromatic nitrogens is 1. The van der Waals surface area contributed by atoms with Gasteiger partial charge in [-0.2, -0.15) is 5.26 Å². The number of pyridine rings is 1. The van der Waals surface area contributed by atoms with Gasteiger partial charge in [-0.25, -0.2) is 0 Å². The highest BCUT2D eigenvalue weighted by atomic mass is 16.5. The van der Waals surface area contributed by atoms with Gasteiger partial charge >= 0.3 is 0 Å². The Morgan fingerprint density at radius 3 is 2.96 bits per heavy atom. The molecule has 24 heavy (non-hydrogen) atoms. The van der Waals surface area contributed by atoms with Gasteiger partial charge in [0.25, 0.3) is 5.56 Å². The number of amides is 1. The zero-order chi connectivity index (χ0) is 17.3. The molecule has 2 heterocycles. The summed E-state index contributed by atoms with van der Waals surface area (Å²) in [6.45, 7) is 4.87. The highest BCUT2D eigenvalue weighted by Crippen LogP contribution is 2.30. The standard InChI is InChI=1S/C18H23N3O3/c1-11-13(12(2)20-18(23)14(11)10-19)6-7-17(22)21-8-9-24-16-5-3-4-15(16)21/h15-16H,3-9H2,1-2H3,(H,20,23)/t15-,16+/m1/s1. The number of nitrogens with one attached hydrogen (secondary N) is 1. The third kappa shape index (κ3) is 2.96. The Morgan fingerprint density at radius 2 is 2.21 bits per heavy atom. The van der Waals surface area contributed by atoms with E-state index in [1.807, 2.05) is 17.9 Å². The fourth-order valence-electron chi connectivity index (χ4n) is 4.03.